The molecule has 2 unspecified atom stereocenters. The number of hydrogen-bond donors (Lipinski definition) is 1. The van der Waals surface area contributed by atoms with Crippen molar-refractivity contribution >= 4 is 5.91 Å². The number of hydroxylamine groups is 2. The van der Waals surface area contributed by atoms with Crippen LogP contribution in [-0.2, 0) is 9.63 Å². The molecule has 2 aliphatic heterocycles. The van der Waals surface area contributed by atoms with Gasteiger partial charge >= 0.3 is 0 Å². The van der Waals surface area contributed by atoms with E-state index in [2.05, 4.69) is 12.2 Å². The third-order valence-electron chi connectivity index (χ3n) is 3.47. The van der Waals surface area contributed by atoms with Gasteiger partial charge in [-0.3, -0.25) is 9.63 Å². The standard InChI is InChI=1S/C11H20N2O2/c1-3-11(2)6-10(14)13(15-11)8-9-4-5-12-7-9/h9,12H,3-8H2,1-2H3. The second-order valence-corrected chi connectivity index (χ2v) is 4.89. The molecular weight excluding hydrogens is 192 g/mol. The lowest BCUT2D eigenvalue weighted by atomic mass is 10.0. The molecule has 2 atom stereocenters. The van der Waals surface area contributed by atoms with Crippen molar-refractivity contribution in [2.75, 3.05) is 19.6 Å². The Morgan fingerprint density at radius 2 is 2.47 bits per heavy atom. The van der Waals surface area contributed by atoms with Crippen LogP contribution in [0.2, 0.25) is 0 Å². The molecule has 4 nitrogen and oxygen atoms in total. The third-order valence-corrected chi connectivity index (χ3v) is 3.47. The van der Waals surface area contributed by atoms with E-state index in [-0.39, 0.29) is 11.5 Å². The van der Waals surface area contributed by atoms with E-state index in [4.69, 9.17) is 4.84 Å². The van der Waals surface area contributed by atoms with E-state index in [0.29, 0.717) is 12.3 Å². The highest BCUT2D eigenvalue weighted by Crippen LogP contribution is 2.30. The first-order valence-electron chi connectivity index (χ1n) is 5.83. The van der Waals surface area contributed by atoms with E-state index < -0.39 is 0 Å². The van der Waals surface area contributed by atoms with Gasteiger partial charge in [0.15, 0.2) is 0 Å². The predicted molar refractivity (Wildman–Crippen MR) is 57.1 cm³/mol. The molecule has 0 aromatic carbocycles. The van der Waals surface area contributed by atoms with Crippen LogP contribution in [0.5, 0.6) is 0 Å². The summed E-state index contributed by atoms with van der Waals surface area (Å²) in [5, 5.41) is 4.89. The molecule has 0 aliphatic carbocycles. The first kappa shape index (κ1) is 10.9. The molecule has 0 radical (unpaired) electrons. The Balaban J connectivity index is 1.90. The number of rotatable bonds is 3. The zero-order chi connectivity index (χ0) is 10.9. The molecular formula is C11H20N2O2. The zero-order valence-electron chi connectivity index (χ0n) is 9.58. The van der Waals surface area contributed by atoms with Crippen molar-refractivity contribution in [1.29, 1.82) is 0 Å². The van der Waals surface area contributed by atoms with Crippen LogP contribution in [0.3, 0.4) is 0 Å². The molecule has 1 N–H and O–H groups in total. The minimum atomic E-state index is -0.261. The van der Waals surface area contributed by atoms with Crippen LogP contribution < -0.4 is 5.32 Å². The maximum Gasteiger partial charge on any atom is 0.249 e. The molecule has 2 rings (SSSR count). The van der Waals surface area contributed by atoms with Crippen molar-refractivity contribution in [3.63, 3.8) is 0 Å². The second kappa shape index (κ2) is 4.10. The van der Waals surface area contributed by atoms with Crippen LogP contribution in [0.4, 0.5) is 0 Å². The SMILES string of the molecule is CCC1(C)CC(=O)N(CC2CCNC2)O1. The highest BCUT2D eigenvalue weighted by Gasteiger charge is 2.40. The molecule has 0 aromatic heterocycles. The monoisotopic (exact) mass is 212 g/mol. The zero-order valence-corrected chi connectivity index (χ0v) is 9.58. The molecule has 4 heteroatoms. The lowest BCUT2D eigenvalue weighted by molar-refractivity contribution is -0.199. The fourth-order valence-electron chi connectivity index (χ4n) is 2.19. The third kappa shape index (κ3) is 2.32. The first-order chi connectivity index (χ1) is 7.13. The molecule has 0 spiro atoms. The molecule has 2 fully saturated rings. The number of nitrogens with zero attached hydrogens (tertiary/aromatic N) is 1. The van der Waals surface area contributed by atoms with Crippen molar-refractivity contribution in [3.05, 3.63) is 0 Å². The Hall–Kier alpha value is -0.610. The van der Waals surface area contributed by atoms with E-state index in [1.165, 1.54) is 0 Å². The normalized spacial score (nSPS) is 36.5. The Kier molecular flexibility index (Phi) is 2.98. The second-order valence-electron chi connectivity index (χ2n) is 4.89. The molecule has 2 saturated heterocycles. The summed E-state index contributed by atoms with van der Waals surface area (Å²) in [6, 6.07) is 0. The number of hydrogen-bond acceptors (Lipinski definition) is 3. The molecule has 0 saturated carbocycles. The molecule has 15 heavy (non-hydrogen) atoms. The predicted octanol–water partition coefficient (Wildman–Crippen LogP) is 0.928. The summed E-state index contributed by atoms with van der Waals surface area (Å²) in [7, 11) is 0. The van der Waals surface area contributed by atoms with Gasteiger partial charge in [-0.05, 0) is 38.8 Å². The Labute approximate surface area is 90.9 Å². The molecule has 1 amide bonds. The number of carbonyl (C=O) groups is 1. The van der Waals surface area contributed by atoms with E-state index in [1.54, 1.807) is 5.06 Å². The summed E-state index contributed by atoms with van der Waals surface area (Å²) in [5.41, 5.74) is -0.261. The Bertz CT molecular complexity index is 251. The highest BCUT2D eigenvalue weighted by molar-refractivity contribution is 5.77. The van der Waals surface area contributed by atoms with Crippen molar-refractivity contribution < 1.29 is 9.63 Å². The van der Waals surface area contributed by atoms with Crippen LogP contribution in [0.15, 0.2) is 0 Å². The largest absolute Gasteiger partial charge is 0.316 e. The van der Waals surface area contributed by atoms with Crippen molar-refractivity contribution in [1.82, 2.24) is 10.4 Å². The highest BCUT2D eigenvalue weighted by atomic mass is 16.7. The Morgan fingerprint density at radius 1 is 1.67 bits per heavy atom. The van der Waals surface area contributed by atoms with E-state index in [9.17, 15) is 4.79 Å². The van der Waals surface area contributed by atoms with Crippen LogP contribution in [0.1, 0.15) is 33.1 Å². The molecule has 2 heterocycles. The van der Waals surface area contributed by atoms with Gasteiger partial charge in [0.25, 0.3) is 0 Å². The van der Waals surface area contributed by atoms with Crippen LogP contribution in [-0.4, -0.2) is 36.2 Å². The Morgan fingerprint density at radius 3 is 3.00 bits per heavy atom. The minimum Gasteiger partial charge on any atom is -0.316 e. The van der Waals surface area contributed by atoms with Crippen molar-refractivity contribution in [2.24, 2.45) is 5.92 Å². The summed E-state index contributed by atoms with van der Waals surface area (Å²) in [6.07, 6.45) is 2.57. The van der Waals surface area contributed by atoms with Gasteiger partial charge in [0, 0.05) is 0 Å². The minimum absolute atomic E-state index is 0.145. The lowest BCUT2D eigenvalue weighted by Gasteiger charge is -2.24. The van der Waals surface area contributed by atoms with Crippen molar-refractivity contribution in [3.8, 4) is 0 Å². The van der Waals surface area contributed by atoms with E-state index in [1.807, 2.05) is 6.92 Å². The fourth-order valence-corrected chi connectivity index (χ4v) is 2.19. The average molecular weight is 212 g/mol. The number of carbonyl (C=O) groups excluding carboxylic acids is 1. The maximum absolute atomic E-state index is 11.7. The van der Waals surface area contributed by atoms with Gasteiger partial charge in [-0.2, -0.15) is 0 Å². The lowest BCUT2D eigenvalue weighted by Crippen LogP contribution is -2.32. The molecule has 0 aromatic rings. The van der Waals surface area contributed by atoms with Gasteiger partial charge < -0.3 is 5.32 Å². The topological polar surface area (TPSA) is 41.6 Å². The van der Waals surface area contributed by atoms with Crippen LogP contribution >= 0.6 is 0 Å². The van der Waals surface area contributed by atoms with Gasteiger partial charge in [-0.1, -0.05) is 6.92 Å². The van der Waals surface area contributed by atoms with Gasteiger partial charge in [-0.15, -0.1) is 0 Å². The molecule has 86 valence electrons. The summed E-state index contributed by atoms with van der Waals surface area (Å²) in [6.45, 7) is 6.90. The van der Waals surface area contributed by atoms with Gasteiger partial charge in [-0.25, -0.2) is 5.06 Å². The van der Waals surface area contributed by atoms with Gasteiger partial charge in [0.2, 0.25) is 5.91 Å². The quantitative estimate of drug-likeness (QED) is 0.756. The number of amides is 1. The molecule has 0 bridgehead atoms. The van der Waals surface area contributed by atoms with Gasteiger partial charge in [0.1, 0.15) is 5.60 Å². The van der Waals surface area contributed by atoms with Gasteiger partial charge in [0.05, 0.1) is 13.0 Å². The average Bonchev–Trinajstić information content (AvgIpc) is 2.77. The van der Waals surface area contributed by atoms with Crippen LogP contribution in [0.25, 0.3) is 0 Å². The fraction of sp³-hybridized carbons (Fsp3) is 0.909. The summed E-state index contributed by atoms with van der Waals surface area (Å²) < 4.78 is 0. The van der Waals surface area contributed by atoms with E-state index >= 15 is 0 Å². The summed E-state index contributed by atoms with van der Waals surface area (Å²) in [4.78, 5) is 17.4. The first-order valence-corrected chi connectivity index (χ1v) is 5.83. The number of nitrogens with one attached hydrogen (secondary N) is 1. The van der Waals surface area contributed by atoms with E-state index in [0.717, 1.165) is 32.5 Å². The molecule has 2 aliphatic rings. The van der Waals surface area contributed by atoms with Crippen LogP contribution in [0, 0.1) is 5.92 Å². The summed E-state index contributed by atoms with van der Waals surface area (Å²) in [5.74, 6) is 0.708. The summed E-state index contributed by atoms with van der Waals surface area (Å²) >= 11 is 0. The smallest absolute Gasteiger partial charge is 0.249 e. The van der Waals surface area contributed by atoms with Crippen molar-refractivity contribution in [2.45, 2.75) is 38.7 Å². The maximum atomic E-state index is 11.7.